The van der Waals surface area contributed by atoms with E-state index in [1.807, 2.05) is 0 Å². The van der Waals surface area contributed by atoms with Gasteiger partial charge in [-0.05, 0) is 31.0 Å². The number of pyridine rings is 1. The maximum atomic E-state index is 13.2. The van der Waals surface area contributed by atoms with Crippen LogP contribution in [0.15, 0.2) is 39.9 Å². The summed E-state index contributed by atoms with van der Waals surface area (Å²) in [7, 11) is 4.17. The van der Waals surface area contributed by atoms with Crippen molar-refractivity contribution in [2.45, 2.75) is 25.3 Å². The zero-order valence-electron chi connectivity index (χ0n) is 17.9. The molecule has 1 N–H and O–H groups in total. The van der Waals surface area contributed by atoms with Crippen molar-refractivity contribution in [3.63, 3.8) is 0 Å². The number of aromatic nitrogens is 3. The number of rotatable bonds is 6. The number of anilines is 1. The highest BCUT2D eigenvalue weighted by Crippen LogP contribution is 2.39. The highest BCUT2D eigenvalue weighted by atomic mass is 16.5. The van der Waals surface area contributed by atoms with Crippen molar-refractivity contribution in [1.82, 2.24) is 14.1 Å². The van der Waals surface area contributed by atoms with Crippen molar-refractivity contribution in [1.29, 1.82) is 0 Å². The molecule has 0 radical (unpaired) electrons. The van der Waals surface area contributed by atoms with Crippen molar-refractivity contribution in [3.8, 4) is 5.75 Å². The normalized spacial score (nSPS) is 13.1. The summed E-state index contributed by atoms with van der Waals surface area (Å²) in [5, 5.41) is 2.58. The van der Waals surface area contributed by atoms with Crippen LogP contribution in [-0.4, -0.2) is 40.2 Å². The Balaban J connectivity index is 1.79. The van der Waals surface area contributed by atoms with E-state index in [0.717, 1.165) is 17.4 Å². The molecule has 2 aromatic heterocycles. The minimum absolute atomic E-state index is 0.0296. The van der Waals surface area contributed by atoms with Gasteiger partial charge in [0.2, 0.25) is 5.91 Å². The van der Waals surface area contributed by atoms with Gasteiger partial charge in [-0.2, -0.15) is 0 Å². The summed E-state index contributed by atoms with van der Waals surface area (Å²) >= 11 is 0. The quantitative estimate of drug-likeness (QED) is 0.578. The van der Waals surface area contributed by atoms with E-state index in [-0.39, 0.29) is 22.5 Å². The topological polar surface area (TPSA) is 122 Å². The number of benzene rings is 1. The standard InChI is InChI=1S/C22H22N4O6/c1-25-19-18(15(21(29)32-3)10-16(24-19)12-7-8-12)20(28)26(22(25)30)11-17(27)23-13-5-4-6-14(9-13)31-2/h4-6,9-10,12H,7-8,11H2,1-3H3,(H,23,27). The Morgan fingerprint density at radius 3 is 2.59 bits per heavy atom. The van der Waals surface area contributed by atoms with Crippen LogP contribution < -0.4 is 21.3 Å². The smallest absolute Gasteiger partial charge is 0.338 e. The number of nitrogens with one attached hydrogen (secondary N) is 1. The zero-order chi connectivity index (χ0) is 23.0. The Morgan fingerprint density at radius 2 is 1.94 bits per heavy atom. The number of amides is 1. The van der Waals surface area contributed by atoms with E-state index < -0.39 is 29.7 Å². The van der Waals surface area contributed by atoms with Crippen molar-refractivity contribution in [3.05, 3.63) is 62.4 Å². The summed E-state index contributed by atoms with van der Waals surface area (Å²) in [5.41, 5.74) is -0.276. The molecule has 0 atom stereocenters. The molecule has 1 amide bonds. The van der Waals surface area contributed by atoms with Gasteiger partial charge in [-0.15, -0.1) is 0 Å². The number of fused-ring (bicyclic) bond motifs is 1. The van der Waals surface area contributed by atoms with Crippen LogP contribution in [0.5, 0.6) is 5.75 Å². The summed E-state index contributed by atoms with van der Waals surface area (Å²) in [6.45, 7) is -0.538. The highest BCUT2D eigenvalue weighted by molar-refractivity contribution is 6.02. The van der Waals surface area contributed by atoms with Gasteiger partial charge in [-0.3, -0.25) is 18.7 Å². The maximum absolute atomic E-state index is 13.2. The molecule has 32 heavy (non-hydrogen) atoms. The van der Waals surface area contributed by atoms with E-state index in [9.17, 15) is 19.2 Å². The predicted molar refractivity (Wildman–Crippen MR) is 116 cm³/mol. The lowest BCUT2D eigenvalue weighted by Crippen LogP contribution is -2.42. The van der Waals surface area contributed by atoms with Crippen molar-refractivity contribution in [2.75, 3.05) is 19.5 Å². The second kappa shape index (κ2) is 8.29. The van der Waals surface area contributed by atoms with Gasteiger partial charge in [-0.25, -0.2) is 14.6 Å². The second-order valence-corrected chi connectivity index (χ2v) is 7.57. The molecular formula is C22H22N4O6. The zero-order valence-corrected chi connectivity index (χ0v) is 17.9. The molecule has 0 unspecified atom stereocenters. The molecule has 0 aliphatic heterocycles. The molecular weight excluding hydrogens is 416 g/mol. The van der Waals surface area contributed by atoms with Crippen LogP contribution in [0, 0.1) is 0 Å². The Kier molecular flexibility index (Phi) is 5.52. The largest absolute Gasteiger partial charge is 0.497 e. The van der Waals surface area contributed by atoms with Gasteiger partial charge in [0.25, 0.3) is 5.56 Å². The number of hydrogen-bond donors (Lipinski definition) is 1. The fraction of sp³-hybridized carbons (Fsp3) is 0.318. The number of esters is 1. The van der Waals surface area contributed by atoms with Crippen LogP contribution in [0.25, 0.3) is 11.0 Å². The fourth-order valence-electron chi connectivity index (χ4n) is 3.54. The molecule has 0 spiro atoms. The Morgan fingerprint density at radius 1 is 1.19 bits per heavy atom. The maximum Gasteiger partial charge on any atom is 0.338 e. The lowest BCUT2D eigenvalue weighted by molar-refractivity contribution is -0.116. The third-order valence-electron chi connectivity index (χ3n) is 5.37. The van der Waals surface area contributed by atoms with Crippen LogP contribution in [-0.2, 0) is 23.1 Å². The summed E-state index contributed by atoms with van der Waals surface area (Å²) < 4.78 is 11.9. The molecule has 1 saturated carbocycles. The summed E-state index contributed by atoms with van der Waals surface area (Å²) in [4.78, 5) is 55.6. The summed E-state index contributed by atoms with van der Waals surface area (Å²) in [5.74, 6) is -0.558. The van der Waals surface area contributed by atoms with Gasteiger partial charge < -0.3 is 14.8 Å². The lowest BCUT2D eigenvalue weighted by atomic mass is 10.1. The van der Waals surface area contributed by atoms with Crippen LogP contribution in [0.4, 0.5) is 5.69 Å². The van der Waals surface area contributed by atoms with Gasteiger partial charge in [0.15, 0.2) is 0 Å². The number of hydrogen-bond acceptors (Lipinski definition) is 7. The first-order chi connectivity index (χ1) is 15.3. The minimum Gasteiger partial charge on any atom is -0.497 e. The van der Waals surface area contributed by atoms with Gasteiger partial charge in [-0.1, -0.05) is 6.07 Å². The Bertz CT molecular complexity index is 1350. The van der Waals surface area contributed by atoms with Crippen LogP contribution in [0.1, 0.15) is 34.8 Å². The fourth-order valence-corrected chi connectivity index (χ4v) is 3.54. The molecule has 166 valence electrons. The number of aryl methyl sites for hydroxylation is 1. The average molecular weight is 438 g/mol. The lowest BCUT2D eigenvalue weighted by Gasteiger charge is -2.14. The van der Waals surface area contributed by atoms with Gasteiger partial charge in [0.05, 0.1) is 25.2 Å². The summed E-state index contributed by atoms with van der Waals surface area (Å²) in [6, 6.07) is 8.22. The van der Waals surface area contributed by atoms with E-state index in [0.29, 0.717) is 17.1 Å². The number of ether oxygens (including phenoxy) is 2. The molecule has 10 nitrogen and oxygen atoms in total. The minimum atomic E-state index is -0.779. The molecule has 10 heteroatoms. The molecule has 2 heterocycles. The molecule has 1 aliphatic carbocycles. The van der Waals surface area contributed by atoms with E-state index in [4.69, 9.17) is 9.47 Å². The van der Waals surface area contributed by atoms with Crippen molar-refractivity contribution < 1.29 is 19.1 Å². The third-order valence-corrected chi connectivity index (χ3v) is 5.37. The number of nitrogens with zero attached hydrogens (tertiary/aromatic N) is 3. The van der Waals surface area contributed by atoms with E-state index >= 15 is 0 Å². The molecule has 0 bridgehead atoms. The number of methoxy groups -OCH3 is 2. The Labute approximate surface area is 182 Å². The number of carbonyl (C=O) groups is 2. The van der Waals surface area contributed by atoms with E-state index in [2.05, 4.69) is 10.3 Å². The summed E-state index contributed by atoms with van der Waals surface area (Å²) in [6.07, 6.45) is 1.85. The van der Waals surface area contributed by atoms with Crippen LogP contribution in [0.3, 0.4) is 0 Å². The molecule has 0 saturated heterocycles. The first kappa shape index (κ1) is 21.3. The predicted octanol–water partition coefficient (Wildman–Crippen LogP) is 1.41. The number of carbonyl (C=O) groups excluding carboxylic acids is 2. The highest BCUT2D eigenvalue weighted by Gasteiger charge is 2.29. The molecule has 1 fully saturated rings. The molecule has 4 rings (SSSR count). The van der Waals surface area contributed by atoms with Crippen molar-refractivity contribution >= 4 is 28.6 Å². The van der Waals surface area contributed by atoms with Crippen molar-refractivity contribution in [2.24, 2.45) is 7.05 Å². The van der Waals surface area contributed by atoms with Crippen LogP contribution in [0.2, 0.25) is 0 Å². The average Bonchev–Trinajstić information content (AvgIpc) is 3.64. The van der Waals surface area contributed by atoms with Gasteiger partial charge in [0.1, 0.15) is 17.9 Å². The van der Waals surface area contributed by atoms with Gasteiger partial charge in [0, 0.05) is 30.4 Å². The Hall–Kier alpha value is -3.95. The first-order valence-electron chi connectivity index (χ1n) is 10.0. The van der Waals surface area contributed by atoms with E-state index in [1.54, 1.807) is 30.3 Å². The third kappa shape index (κ3) is 3.86. The molecule has 3 aromatic rings. The first-order valence-corrected chi connectivity index (χ1v) is 10.0. The molecule has 1 aromatic carbocycles. The van der Waals surface area contributed by atoms with E-state index in [1.165, 1.54) is 25.8 Å². The second-order valence-electron chi connectivity index (χ2n) is 7.57. The van der Waals surface area contributed by atoms with Crippen LogP contribution >= 0.6 is 0 Å². The van der Waals surface area contributed by atoms with Gasteiger partial charge >= 0.3 is 11.7 Å². The monoisotopic (exact) mass is 438 g/mol. The SMILES string of the molecule is COC(=O)c1cc(C2CC2)nc2c1c(=O)n(CC(=O)Nc1cccc(OC)c1)c(=O)n2C. The molecule has 1 aliphatic rings.